The summed E-state index contributed by atoms with van der Waals surface area (Å²) in [5.74, 6) is -4.25. The molecule has 8 bridgehead atoms. The first-order valence-corrected chi connectivity index (χ1v) is 18.5. The number of rotatable bonds is 8. The molecule has 0 aliphatic carbocycles. The van der Waals surface area contributed by atoms with Gasteiger partial charge in [0, 0.05) is 44.3 Å². The monoisotopic (exact) mass is 896 g/mol. The van der Waals surface area contributed by atoms with E-state index in [1.165, 1.54) is 48.5 Å². The van der Waals surface area contributed by atoms with Crippen LogP contribution in [-0.4, -0.2) is 64.2 Å². The molecule has 2 aliphatic heterocycles. The summed E-state index contributed by atoms with van der Waals surface area (Å²) in [4.78, 5) is 64.8. The van der Waals surface area contributed by atoms with E-state index in [0.29, 0.717) is 89.4 Å². The molecule has 7 aromatic rings. The Morgan fingerprint density at radius 2 is 0.525 bits per heavy atom. The van der Waals surface area contributed by atoms with Crippen LogP contribution in [0.25, 0.3) is 90.9 Å². The second-order valence-electron chi connectivity index (χ2n) is 14.0. The van der Waals surface area contributed by atoms with Gasteiger partial charge in [0.15, 0.2) is 0 Å². The molecule has 0 unspecified atom stereocenters. The quantitative estimate of drug-likeness (QED) is 0.0796. The zero-order valence-electron chi connectivity index (χ0n) is 31.5. The summed E-state index contributed by atoms with van der Waals surface area (Å²) in [5.41, 5.74) is 10.7. The van der Waals surface area contributed by atoms with Crippen molar-refractivity contribution in [3.8, 4) is 44.5 Å². The molecule has 6 N–H and O–H groups in total. The number of carboxylic acid groups (broad SMARTS) is 4. The van der Waals surface area contributed by atoms with E-state index in [-0.39, 0.29) is 42.7 Å². The van der Waals surface area contributed by atoms with E-state index in [9.17, 15) is 39.6 Å². The maximum absolute atomic E-state index is 11.8. The van der Waals surface area contributed by atoms with Gasteiger partial charge in [-0.3, -0.25) is 0 Å². The number of aromatic nitrogens is 4. The molecule has 2 aliphatic rings. The van der Waals surface area contributed by atoms with E-state index in [1.54, 1.807) is 48.5 Å². The summed E-state index contributed by atoms with van der Waals surface area (Å²) < 4.78 is 0. The minimum absolute atomic E-state index is 0. The third-order valence-corrected chi connectivity index (χ3v) is 10.4. The maximum atomic E-state index is 11.8. The molecule has 0 radical (unpaired) electrons. The van der Waals surface area contributed by atoms with Crippen LogP contribution in [0.1, 0.15) is 64.2 Å². The molecular weight excluding hydrogens is 867 g/mol. The molecule has 0 spiro atoms. The van der Waals surface area contributed by atoms with Gasteiger partial charge < -0.3 is 30.4 Å². The van der Waals surface area contributed by atoms with Crippen LogP contribution in [0.4, 0.5) is 0 Å². The SMILES string of the molecule is O=C(O)c1ccc(-c2c3nc(c(-c4ccc(C(=O)O)cc4)c4ccc([nH]4)c(-c4ccc(C(=O)O)cc4)c4nc(c(-c5ccc(C(=O)O)cc5)c5ccc2[nH]5)C=C4)C=C3)cc1.[Pd+2]. The van der Waals surface area contributed by atoms with Crippen LogP contribution < -0.4 is 0 Å². The Bertz CT molecular complexity index is 2760. The number of hydrogen-bond donors (Lipinski definition) is 6. The first kappa shape index (κ1) is 39.8. The third-order valence-electron chi connectivity index (χ3n) is 10.4. The predicted octanol–water partition coefficient (Wildman–Crippen LogP) is 10.1. The molecule has 0 saturated carbocycles. The number of aromatic carboxylic acids is 4. The van der Waals surface area contributed by atoms with Crippen LogP contribution >= 0.6 is 0 Å². The Hall–Kier alpha value is -7.98. The molecule has 298 valence electrons. The average molecular weight is 897 g/mol. The first-order chi connectivity index (χ1) is 29.0. The van der Waals surface area contributed by atoms with E-state index in [0.717, 1.165) is 0 Å². The fourth-order valence-electron chi connectivity index (χ4n) is 7.54. The Labute approximate surface area is 359 Å². The number of benzene rings is 4. The van der Waals surface area contributed by atoms with Gasteiger partial charge in [-0.05, 0) is 119 Å². The minimum atomic E-state index is -1.06. The van der Waals surface area contributed by atoms with Crippen molar-refractivity contribution in [3.63, 3.8) is 0 Å². The molecule has 3 aromatic heterocycles. The molecule has 4 aromatic carbocycles. The Morgan fingerprint density at radius 3 is 0.705 bits per heavy atom. The summed E-state index contributed by atoms with van der Waals surface area (Å²) in [7, 11) is 0. The molecular formula is C48H30N4O8Pd+2. The van der Waals surface area contributed by atoms with Gasteiger partial charge >= 0.3 is 44.3 Å². The van der Waals surface area contributed by atoms with Crippen molar-refractivity contribution in [2.24, 2.45) is 0 Å². The van der Waals surface area contributed by atoms with Gasteiger partial charge in [0.25, 0.3) is 0 Å². The Kier molecular flexibility index (Phi) is 10.4. The molecule has 61 heavy (non-hydrogen) atoms. The molecule has 5 heterocycles. The predicted molar refractivity (Wildman–Crippen MR) is 228 cm³/mol. The zero-order valence-corrected chi connectivity index (χ0v) is 33.0. The van der Waals surface area contributed by atoms with Crippen LogP contribution in [0.5, 0.6) is 0 Å². The minimum Gasteiger partial charge on any atom is -0.478 e. The van der Waals surface area contributed by atoms with E-state index in [2.05, 4.69) is 9.97 Å². The smallest absolute Gasteiger partial charge is 0.478 e. The van der Waals surface area contributed by atoms with E-state index in [1.807, 2.05) is 48.6 Å². The molecule has 0 saturated heterocycles. The van der Waals surface area contributed by atoms with Crippen molar-refractivity contribution in [2.75, 3.05) is 0 Å². The average Bonchev–Trinajstić information content (AvgIpc) is 4.10. The van der Waals surface area contributed by atoms with Crippen molar-refractivity contribution in [3.05, 3.63) is 166 Å². The van der Waals surface area contributed by atoms with Crippen molar-refractivity contribution >= 4 is 70.2 Å². The van der Waals surface area contributed by atoms with Crippen LogP contribution in [0.15, 0.2) is 121 Å². The zero-order chi connectivity index (χ0) is 41.7. The molecule has 0 fully saturated rings. The van der Waals surface area contributed by atoms with E-state index in [4.69, 9.17) is 9.97 Å². The van der Waals surface area contributed by atoms with Gasteiger partial charge in [0.05, 0.1) is 45.0 Å². The van der Waals surface area contributed by atoms with Crippen LogP contribution in [0, 0.1) is 0 Å². The number of carbonyl (C=O) groups is 4. The van der Waals surface area contributed by atoms with Gasteiger partial charge in [-0.1, -0.05) is 48.5 Å². The number of hydrogen-bond acceptors (Lipinski definition) is 6. The van der Waals surface area contributed by atoms with Crippen molar-refractivity contribution in [1.29, 1.82) is 0 Å². The molecule has 0 amide bonds. The number of H-pyrrole nitrogens is 2. The van der Waals surface area contributed by atoms with Gasteiger partial charge in [0.2, 0.25) is 0 Å². The van der Waals surface area contributed by atoms with Gasteiger partial charge in [-0.25, -0.2) is 29.1 Å². The summed E-state index contributed by atoms with van der Waals surface area (Å²) in [6.07, 6.45) is 7.47. The normalized spacial score (nSPS) is 11.5. The first-order valence-electron chi connectivity index (χ1n) is 18.5. The van der Waals surface area contributed by atoms with Crippen LogP contribution in [0.3, 0.4) is 0 Å². The Balaban J connectivity index is 0.00000514. The topological polar surface area (TPSA) is 207 Å². The molecule has 0 atom stereocenters. The number of carboxylic acids is 4. The number of aromatic amines is 2. The van der Waals surface area contributed by atoms with Crippen molar-refractivity contribution < 1.29 is 60.0 Å². The summed E-state index contributed by atoms with van der Waals surface area (Å²) in [5, 5.41) is 38.7. The molecule has 13 heteroatoms. The second-order valence-corrected chi connectivity index (χ2v) is 14.0. The largest absolute Gasteiger partial charge is 2.00 e. The standard InChI is InChI=1S/C48H30N4O8.Pd/c53-45(54)29-9-1-25(2-10-29)41-33-17-19-35(49-33)42(26-3-11-30(12-4-26)46(55)56)37-21-23-39(51-37)44(28-7-15-32(16-8-28)48(59)60)40-24-22-38(52-40)43(36-20-18-34(41)50-36)27-5-13-31(14-6-27)47(57)58;/h1-24,49,52H,(H,53,54)(H,55,56)(H,57,58)(H,59,60);/q;+2. The summed E-state index contributed by atoms with van der Waals surface area (Å²) in [6.45, 7) is 0. The van der Waals surface area contributed by atoms with Crippen LogP contribution in [-0.2, 0) is 20.4 Å². The van der Waals surface area contributed by atoms with Gasteiger partial charge in [-0.15, -0.1) is 0 Å². The summed E-state index contributed by atoms with van der Waals surface area (Å²) in [6, 6.07) is 33.6. The third kappa shape index (κ3) is 7.47. The molecule has 12 nitrogen and oxygen atoms in total. The maximum Gasteiger partial charge on any atom is 2.00 e. The fraction of sp³-hybridized carbons (Fsp3) is 0. The van der Waals surface area contributed by atoms with Crippen LogP contribution in [0.2, 0.25) is 0 Å². The summed E-state index contributed by atoms with van der Waals surface area (Å²) >= 11 is 0. The molecule has 9 rings (SSSR count). The van der Waals surface area contributed by atoms with Gasteiger partial charge in [0.1, 0.15) is 0 Å². The number of fused-ring (bicyclic) bond motifs is 8. The number of nitrogens with zero attached hydrogens (tertiary/aromatic N) is 2. The second kappa shape index (κ2) is 16.0. The van der Waals surface area contributed by atoms with Gasteiger partial charge in [-0.2, -0.15) is 0 Å². The fourth-order valence-corrected chi connectivity index (χ4v) is 7.54. The van der Waals surface area contributed by atoms with Crippen molar-refractivity contribution in [2.45, 2.75) is 0 Å². The number of nitrogens with one attached hydrogen (secondary N) is 2. The van der Waals surface area contributed by atoms with E-state index >= 15 is 0 Å². The Morgan fingerprint density at radius 1 is 0.328 bits per heavy atom. The van der Waals surface area contributed by atoms with Crippen molar-refractivity contribution in [1.82, 2.24) is 19.9 Å². The van der Waals surface area contributed by atoms with E-state index < -0.39 is 23.9 Å².